The van der Waals surface area contributed by atoms with Crippen LogP contribution in [0.3, 0.4) is 0 Å². The van der Waals surface area contributed by atoms with Crippen LogP contribution in [0.15, 0.2) is 54.6 Å². The number of hydrogen-bond donors (Lipinski definition) is 2. The molecular formula is C24H25N3O6. The average molecular weight is 451 g/mol. The zero-order valence-corrected chi connectivity index (χ0v) is 18.4. The van der Waals surface area contributed by atoms with E-state index in [2.05, 4.69) is 10.3 Å². The first-order valence-corrected chi connectivity index (χ1v) is 10.6. The first-order chi connectivity index (χ1) is 15.8. The van der Waals surface area contributed by atoms with Crippen LogP contribution in [0.25, 0.3) is 10.9 Å². The molecule has 1 amide bonds. The highest BCUT2D eigenvalue weighted by molar-refractivity contribution is 5.94. The number of hydrogen-bond acceptors (Lipinski definition) is 6. The normalized spacial score (nSPS) is 11.2. The van der Waals surface area contributed by atoms with Crippen molar-refractivity contribution in [1.29, 1.82) is 0 Å². The van der Waals surface area contributed by atoms with Gasteiger partial charge in [-0.2, -0.15) is 0 Å². The molecule has 1 aromatic heterocycles. The number of carbonyl (C=O) groups is 2. The second-order valence-corrected chi connectivity index (χ2v) is 7.77. The average Bonchev–Trinajstić information content (AvgIpc) is 2.80. The van der Waals surface area contributed by atoms with Crippen LogP contribution in [0.2, 0.25) is 0 Å². The molecule has 0 saturated heterocycles. The maximum atomic E-state index is 12.5. The van der Waals surface area contributed by atoms with Crippen molar-refractivity contribution in [2.75, 3.05) is 5.32 Å². The van der Waals surface area contributed by atoms with Crippen LogP contribution >= 0.6 is 0 Å². The summed E-state index contributed by atoms with van der Waals surface area (Å²) in [6.07, 6.45) is 0.599. The van der Waals surface area contributed by atoms with Crippen molar-refractivity contribution >= 4 is 34.2 Å². The van der Waals surface area contributed by atoms with Gasteiger partial charge >= 0.3 is 5.97 Å². The van der Waals surface area contributed by atoms with Crippen molar-refractivity contribution < 1.29 is 24.4 Å². The molecule has 2 aromatic carbocycles. The second kappa shape index (κ2) is 10.1. The van der Waals surface area contributed by atoms with Crippen molar-refractivity contribution in [1.82, 2.24) is 4.98 Å². The molecule has 0 spiro atoms. The fourth-order valence-electron chi connectivity index (χ4n) is 3.55. The van der Waals surface area contributed by atoms with Crippen LogP contribution < -0.4 is 10.1 Å². The minimum atomic E-state index is -1.09. The zero-order chi connectivity index (χ0) is 24.0. The quantitative estimate of drug-likeness (QED) is 0.329. The van der Waals surface area contributed by atoms with Gasteiger partial charge in [-0.25, -0.2) is 4.98 Å². The molecule has 0 saturated carbocycles. The summed E-state index contributed by atoms with van der Waals surface area (Å²) >= 11 is 0. The summed E-state index contributed by atoms with van der Waals surface area (Å²) in [6, 6.07) is 14.9. The fourth-order valence-corrected chi connectivity index (χ4v) is 3.55. The predicted molar refractivity (Wildman–Crippen MR) is 123 cm³/mol. The Morgan fingerprint density at radius 1 is 1.12 bits per heavy atom. The Balaban J connectivity index is 1.67. The summed E-state index contributed by atoms with van der Waals surface area (Å²) in [4.78, 5) is 39.1. The number of aromatic nitrogens is 1. The number of carbonyl (C=O) groups excluding carboxylic acids is 1. The summed E-state index contributed by atoms with van der Waals surface area (Å²) in [7, 11) is 0. The molecule has 3 rings (SSSR count). The molecule has 33 heavy (non-hydrogen) atoms. The van der Waals surface area contributed by atoms with Gasteiger partial charge in [0.1, 0.15) is 12.4 Å². The molecule has 0 radical (unpaired) electrons. The van der Waals surface area contributed by atoms with Crippen molar-refractivity contribution in [2.45, 2.75) is 39.7 Å². The van der Waals surface area contributed by atoms with Crippen molar-refractivity contribution in [3.8, 4) is 5.75 Å². The summed E-state index contributed by atoms with van der Waals surface area (Å²) in [5, 5.41) is 24.0. The first-order valence-electron chi connectivity index (χ1n) is 10.6. The first kappa shape index (κ1) is 23.6. The number of benzene rings is 2. The number of fused-ring (bicyclic) bond motifs is 1. The number of aliphatic carboxylic acids is 1. The number of nitrogens with one attached hydrogen (secondary N) is 1. The molecule has 0 aliphatic carbocycles. The molecule has 0 aliphatic rings. The number of rotatable bonds is 10. The van der Waals surface area contributed by atoms with E-state index in [0.717, 1.165) is 5.39 Å². The number of nitro benzene ring substituents is 1. The number of nitro groups is 1. The van der Waals surface area contributed by atoms with Crippen LogP contribution in [0.1, 0.15) is 38.8 Å². The highest BCUT2D eigenvalue weighted by Crippen LogP contribution is 2.31. The number of non-ortho nitro benzene ring substituents is 1. The molecule has 0 fully saturated rings. The fraction of sp³-hybridized carbons (Fsp3) is 0.292. The number of ether oxygens (including phenoxy) is 1. The van der Waals surface area contributed by atoms with E-state index in [1.165, 1.54) is 12.1 Å². The molecule has 0 atom stereocenters. The maximum absolute atomic E-state index is 12.5. The summed E-state index contributed by atoms with van der Waals surface area (Å²) in [5.41, 5.74) is 0.463. The standard InChI is InChI=1S/C24H25N3O6/c1-3-24(4-2,23(29)30)14-22(28)26-17-6-5-7-20(12-17)33-15-18-10-8-16-9-11-19(27(31)32)13-21(16)25-18/h5-13H,3-4,14-15H2,1-2H3,(H,26,28)(H,29,30). The van der Waals surface area contributed by atoms with E-state index in [4.69, 9.17) is 4.74 Å². The van der Waals surface area contributed by atoms with E-state index in [-0.39, 0.29) is 24.6 Å². The van der Waals surface area contributed by atoms with Gasteiger partial charge in [-0.15, -0.1) is 0 Å². The molecule has 0 unspecified atom stereocenters. The van der Waals surface area contributed by atoms with Gasteiger partial charge in [0, 0.05) is 35.7 Å². The SMILES string of the molecule is CCC(CC)(CC(=O)Nc1cccc(OCc2ccc3ccc([N+](=O)[O-])cc3n2)c1)C(=O)O. The lowest BCUT2D eigenvalue weighted by Crippen LogP contribution is -2.34. The summed E-state index contributed by atoms with van der Waals surface area (Å²) in [5.74, 6) is -0.867. The van der Waals surface area contributed by atoms with Gasteiger partial charge in [-0.3, -0.25) is 19.7 Å². The van der Waals surface area contributed by atoms with Crippen molar-refractivity contribution in [3.63, 3.8) is 0 Å². The summed E-state index contributed by atoms with van der Waals surface area (Å²) in [6.45, 7) is 3.65. The van der Waals surface area contributed by atoms with E-state index in [0.29, 0.717) is 35.5 Å². The molecule has 1 heterocycles. The molecule has 2 N–H and O–H groups in total. The lowest BCUT2D eigenvalue weighted by Gasteiger charge is -2.25. The Morgan fingerprint density at radius 2 is 1.85 bits per heavy atom. The van der Waals surface area contributed by atoms with E-state index in [1.54, 1.807) is 50.2 Å². The third-order valence-corrected chi connectivity index (χ3v) is 5.75. The minimum absolute atomic E-state index is 0.0328. The molecule has 9 nitrogen and oxygen atoms in total. The molecule has 172 valence electrons. The Labute approximate surface area is 190 Å². The largest absolute Gasteiger partial charge is 0.487 e. The molecular weight excluding hydrogens is 426 g/mol. The van der Waals surface area contributed by atoms with Crippen LogP contribution in [-0.4, -0.2) is 26.9 Å². The Bertz CT molecular complexity index is 1190. The summed E-state index contributed by atoms with van der Waals surface area (Å²) < 4.78 is 5.78. The zero-order valence-electron chi connectivity index (χ0n) is 18.4. The minimum Gasteiger partial charge on any atom is -0.487 e. The van der Waals surface area contributed by atoms with Gasteiger partial charge in [-0.05, 0) is 37.1 Å². The van der Waals surface area contributed by atoms with Gasteiger partial charge in [0.2, 0.25) is 5.91 Å². The highest BCUT2D eigenvalue weighted by Gasteiger charge is 2.37. The van der Waals surface area contributed by atoms with Crippen LogP contribution in [-0.2, 0) is 16.2 Å². The van der Waals surface area contributed by atoms with Crippen LogP contribution in [0.4, 0.5) is 11.4 Å². The number of carboxylic acid groups (broad SMARTS) is 1. The van der Waals surface area contributed by atoms with Gasteiger partial charge in [-0.1, -0.05) is 26.0 Å². The number of amides is 1. The van der Waals surface area contributed by atoms with E-state index in [1.807, 2.05) is 6.07 Å². The van der Waals surface area contributed by atoms with Gasteiger partial charge in [0.15, 0.2) is 0 Å². The molecule has 0 aliphatic heterocycles. The lowest BCUT2D eigenvalue weighted by atomic mass is 9.79. The lowest BCUT2D eigenvalue weighted by molar-refractivity contribution is -0.384. The van der Waals surface area contributed by atoms with Crippen molar-refractivity contribution in [2.24, 2.45) is 5.41 Å². The highest BCUT2D eigenvalue weighted by atomic mass is 16.6. The Morgan fingerprint density at radius 3 is 2.52 bits per heavy atom. The topological polar surface area (TPSA) is 132 Å². The smallest absolute Gasteiger partial charge is 0.310 e. The number of nitrogens with zero attached hydrogens (tertiary/aromatic N) is 2. The third kappa shape index (κ3) is 5.62. The van der Waals surface area contributed by atoms with E-state index >= 15 is 0 Å². The predicted octanol–water partition coefficient (Wildman–Crippen LogP) is 4.94. The number of carboxylic acids is 1. The van der Waals surface area contributed by atoms with Gasteiger partial charge in [0.25, 0.3) is 5.69 Å². The second-order valence-electron chi connectivity index (χ2n) is 7.77. The molecule has 0 bridgehead atoms. The van der Waals surface area contributed by atoms with Gasteiger partial charge < -0.3 is 15.2 Å². The van der Waals surface area contributed by atoms with E-state index in [9.17, 15) is 24.8 Å². The van der Waals surface area contributed by atoms with Gasteiger partial charge in [0.05, 0.1) is 21.5 Å². The maximum Gasteiger partial charge on any atom is 0.310 e. The monoisotopic (exact) mass is 451 g/mol. The Hall–Kier alpha value is -4.01. The number of anilines is 1. The van der Waals surface area contributed by atoms with Crippen LogP contribution in [0.5, 0.6) is 5.75 Å². The third-order valence-electron chi connectivity index (χ3n) is 5.75. The number of pyridine rings is 1. The molecule has 3 aromatic rings. The van der Waals surface area contributed by atoms with E-state index < -0.39 is 16.3 Å². The Kier molecular flexibility index (Phi) is 7.22. The van der Waals surface area contributed by atoms with Crippen LogP contribution in [0, 0.1) is 15.5 Å². The molecule has 9 heteroatoms. The van der Waals surface area contributed by atoms with Crippen molar-refractivity contribution in [3.05, 3.63) is 70.4 Å².